The van der Waals surface area contributed by atoms with Crippen LogP contribution in [0.15, 0.2) is 23.4 Å². The summed E-state index contributed by atoms with van der Waals surface area (Å²) >= 11 is 0. The summed E-state index contributed by atoms with van der Waals surface area (Å²) < 4.78 is 5.11. The second-order valence-electron chi connectivity index (χ2n) is 4.92. The highest BCUT2D eigenvalue weighted by atomic mass is 16.5. The lowest BCUT2D eigenvalue weighted by Crippen LogP contribution is -2.38. The van der Waals surface area contributed by atoms with Crippen molar-refractivity contribution in [2.75, 3.05) is 12.4 Å². The number of carbonyl (C=O) groups is 1. The Morgan fingerprint density at radius 3 is 2.55 bits per heavy atom. The van der Waals surface area contributed by atoms with Crippen LogP contribution in [0.3, 0.4) is 0 Å². The molecular weight excluding hydrogens is 258 g/mol. The van der Waals surface area contributed by atoms with E-state index in [9.17, 15) is 4.79 Å². The maximum Gasteiger partial charge on any atom is 0.235 e. The van der Waals surface area contributed by atoms with Crippen LogP contribution in [0.25, 0.3) is 0 Å². The Bertz CT molecular complexity index is 512. The lowest BCUT2D eigenvalue weighted by Gasteiger charge is -2.19. The first kappa shape index (κ1) is 15.8. The summed E-state index contributed by atoms with van der Waals surface area (Å²) in [5.41, 5.74) is 7.12. The molecule has 0 fully saturated rings. The van der Waals surface area contributed by atoms with Crippen molar-refractivity contribution < 1.29 is 14.7 Å². The molecule has 0 aliphatic carbocycles. The fraction of sp³-hybridized carbons (Fsp3) is 0.429. The summed E-state index contributed by atoms with van der Waals surface area (Å²) in [6.07, 6.45) is 0. The van der Waals surface area contributed by atoms with Gasteiger partial charge in [-0.2, -0.15) is 0 Å². The molecule has 1 rings (SSSR count). The molecule has 0 aliphatic heterocycles. The highest BCUT2D eigenvalue weighted by Gasteiger charge is 2.27. The van der Waals surface area contributed by atoms with Crippen molar-refractivity contribution in [1.82, 2.24) is 0 Å². The monoisotopic (exact) mass is 279 g/mol. The number of carbonyl (C=O) groups excluding carboxylic acids is 1. The summed E-state index contributed by atoms with van der Waals surface area (Å²) in [4.78, 5) is 12.2. The molecule has 0 radical (unpaired) electrons. The number of rotatable bonds is 5. The van der Waals surface area contributed by atoms with E-state index in [-0.39, 0.29) is 17.7 Å². The number of nitrogens with one attached hydrogen (secondary N) is 1. The highest BCUT2D eigenvalue weighted by molar-refractivity contribution is 6.08. The molecule has 20 heavy (non-hydrogen) atoms. The van der Waals surface area contributed by atoms with E-state index in [0.717, 1.165) is 11.3 Å². The van der Waals surface area contributed by atoms with E-state index in [4.69, 9.17) is 15.7 Å². The molecule has 1 aromatic carbocycles. The van der Waals surface area contributed by atoms with Gasteiger partial charge in [0.1, 0.15) is 11.7 Å². The third-order valence-corrected chi connectivity index (χ3v) is 3.07. The van der Waals surface area contributed by atoms with Crippen LogP contribution in [0.1, 0.15) is 19.4 Å². The van der Waals surface area contributed by atoms with Crippen molar-refractivity contribution in [3.05, 3.63) is 23.8 Å². The number of anilines is 1. The van der Waals surface area contributed by atoms with Crippen LogP contribution >= 0.6 is 0 Å². The predicted molar refractivity (Wildman–Crippen MR) is 78.1 cm³/mol. The van der Waals surface area contributed by atoms with Gasteiger partial charge < -0.3 is 21.0 Å². The maximum absolute atomic E-state index is 12.2. The van der Waals surface area contributed by atoms with Crippen LogP contribution in [0.4, 0.5) is 5.69 Å². The van der Waals surface area contributed by atoms with E-state index >= 15 is 0 Å². The SMILES string of the molecule is COc1ccc(NC(=O)C(C(N)=NO)C(C)C)c(C)c1. The first-order valence-electron chi connectivity index (χ1n) is 6.33. The Labute approximate surface area is 118 Å². The van der Waals surface area contributed by atoms with E-state index in [1.807, 2.05) is 26.8 Å². The minimum Gasteiger partial charge on any atom is -0.497 e. The Balaban J connectivity index is 2.94. The Morgan fingerprint density at radius 2 is 2.10 bits per heavy atom. The van der Waals surface area contributed by atoms with E-state index < -0.39 is 5.92 Å². The van der Waals surface area contributed by atoms with E-state index in [2.05, 4.69) is 10.5 Å². The molecule has 0 heterocycles. The van der Waals surface area contributed by atoms with Gasteiger partial charge in [0.05, 0.1) is 7.11 Å². The fourth-order valence-electron chi connectivity index (χ4n) is 1.95. The number of hydrogen-bond donors (Lipinski definition) is 3. The largest absolute Gasteiger partial charge is 0.497 e. The molecule has 6 heteroatoms. The third-order valence-electron chi connectivity index (χ3n) is 3.07. The Morgan fingerprint density at radius 1 is 1.45 bits per heavy atom. The standard InChI is InChI=1S/C14H21N3O3/c1-8(2)12(13(15)17-19)14(18)16-11-6-5-10(20-4)7-9(11)3/h5-8,12,19H,1-4H3,(H2,15,17)(H,16,18). The van der Waals surface area contributed by atoms with Crippen LogP contribution in [0, 0.1) is 18.8 Å². The van der Waals surface area contributed by atoms with E-state index in [1.54, 1.807) is 19.2 Å². The molecular formula is C14H21N3O3. The normalized spacial score (nSPS) is 13.2. The zero-order valence-corrected chi connectivity index (χ0v) is 12.2. The predicted octanol–water partition coefficient (Wildman–Crippen LogP) is 1.96. The molecule has 4 N–H and O–H groups in total. The molecule has 0 saturated carbocycles. The first-order valence-corrected chi connectivity index (χ1v) is 6.33. The van der Waals surface area contributed by atoms with Crippen molar-refractivity contribution in [3.63, 3.8) is 0 Å². The summed E-state index contributed by atoms with van der Waals surface area (Å²) in [5.74, 6) is -0.435. The van der Waals surface area contributed by atoms with Crippen LogP contribution < -0.4 is 15.8 Å². The Kier molecular flexibility index (Phi) is 5.37. The minimum absolute atomic E-state index is 0.0792. The molecule has 1 atom stereocenters. The number of amides is 1. The van der Waals surface area contributed by atoms with Gasteiger partial charge in [-0.25, -0.2) is 0 Å². The number of nitrogens with two attached hydrogens (primary N) is 1. The summed E-state index contributed by atoms with van der Waals surface area (Å²) in [6, 6.07) is 5.34. The third kappa shape index (κ3) is 3.63. The molecule has 0 saturated heterocycles. The van der Waals surface area contributed by atoms with Crippen molar-refractivity contribution in [3.8, 4) is 5.75 Å². The molecule has 1 aromatic rings. The minimum atomic E-state index is -0.679. The van der Waals surface area contributed by atoms with Crippen LogP contribution in [-0.4, -0.2) is 24.1 Å². The van der Waals surface area contributed by atoms with Gasteiger partial charge in [-0.3, -0.25) is 4.79 Å². The van der Waals surface area contributed by atoms with Crippen LogP contribution in [-0.2, 0) is 4.79 Å². The van der Waals surface area contributed by atoms with Gasteiger partial charge in [-0.05, 0) is 36.6 Å². The van der Waals surface area contributed by atoms with Gasteiger partial charge in [0.2, 0.25) is 5.91 Å². The average Bonchev–Trinajstić information content (AvgIpc) is 2.40. The molecule has 110 valence electrons. The smallest absolute Gasteiger partial charge is 0.235 e. The number of hydrogen-bond acceptors (Lipinski definition) is 4. The fourth-order valence-corrected chi connectivity index (χ4v) is 1.95. The number of aryl methyl sites for hydroxylation is 1. The van der Waals surface area contributed by atoms with E-state index in [1.165, 1.54) is 0 Å². The lowest BCUT2D eigenvalue weighted by atomic mass is 9.93. The summed E-state index contributed by atoms with van der Waals surface area (Å²) in [7, 11) is 1.58. The van der Waals surface area contributed by atoms with Gasteiger partial charge >= 0.3 is 0 Å². The quantitative estimate of drug-likeness (QED) is 0.332. The van der Waals surface area contributed by atoms with Crippen molar-refractivity contribution in [2.24, 2.45) is 22.7 Å². The number of amidine groups is 1. The highest BCUT2D eigenvalue weighted by Crippen LogP contribution is 2.22. The molecule has 0 aromatic heterocycles. The molecule has 0 aliphatic rings. The van der Waals surface area contributed by atoms with Gasteiger partial charge in [0.25, 0.3) is 0 Å². The number of nitrogens with zero attached hydrogens (tertiary/aromatic N) is 1. The summed E-state index contributed by atoms with van der Waals surface area (Å²) in [5, 5.41) is 14.5. The van der Waals surface area contributed by atoms with Gasteiger partial charge in [0, 0.05) is 5.69 Å². The van der Waals surface area contributed by atoms with Crippen molar-refractivity contribution in [2.45, 2.75) is 20.8 Å². The van der Waals surface area contributed by atoms with Crippen LogP contribution in [0.5, 0.6) is 5.75 Å². The van der Waals surface area contributed by atoms with E-state index in [0.29, 0.717) is 5.69 Å². The molecule has 0 spiro atoms. The lowest BCUT2D eigenvalue weighted by molar-refractivity contribution is -0.119. The second kappa shape index (κ2) is 6.79. The second-order valence-corrected chi connectivity index (χ2v) is 4.92. The van der Waals surface area contributed by atoms with Crippen molar-refractivity contribution >= 4 is 17.4 Å². The topological polar surface area (TPSA) is 96.9 Å². The zero-order chi connectivity index (χ0) is 15.3. The van der Waals surface area contributed by atoms with Gasteiger partial charge in [-0.1, -0.05) is 19.0 Å². The zero-order valence-electron chi connectivity index (χ0n) is 12.2. The molecule has 0 bridgehead atoms. The number of benzene rings is 1. The van der Waals surface area contributed by atoms with Gasteiger partial charge in [-0.15, -0.1) is 0 Å². The van der Waals surface area contributed by atoms with Gasteiger partial charge in [0.15, 0.2) is 5.84 Å². The number of oxime groups is 1. The molecule has 6 nitrogen and oxygen atoms in total. The summed E-state index contributed by atoms with van der Waals surface area (Å²) in [6.45, 7) is 5.54. The Hall–Kier alpha value is -2.24. The number of methoxy groups -OCH3 is 1. The molecule has 1 amide bonds. The molecule has 1 unspecified atom stereocenters. The van der Waals surface area contributed by atoms with Crippen molar-refractivity contribution in [1.29, 1.82) is 0 Å². The van der Waals surface area contributed by atoms with Crippen LogP contribution in [0.2, 0.25) is 0 Å². The maximum atomic E-state index is 12.2. The first-order chi connectivity index (χ1) is 9.40. The number of ether oxygens (including phenoxy) is 1. The average molecular weight is 279 g/mol.